The van der Waals surface area contributed by atoms with Gasteiger partial charge in [-0.1, -0.05) is 40.0 Å². The van der Waals surface area contributed by atoms with E-state index < -0.39 is 47.3 Å². The molecular formula is C75H88Cl3N17O9S2. The lowest BCUT2D eigenvalue weighted by Gasteiger charge is -2.38. The van der Waals surface area contributed by atoms with Crippen LogP contribution in [-0.2, 0) is 96.4 Å². The van der Waals surface area contributed by atoms with E-state index in [2.05, 4.69) is 57.2 Å². The number of carbonyl (C=O) groups excluding carboxylic acids is 4. The minimum atomic E-state index is -3.89. The lowest BCUT2D eigenvalue weighted by molar-refractivity contribution is -0.125. The summed E-state index contributed by atoms with van der Waals surface area (Å²) in [6.07, 6.45) is 20.2. The highest BCUT2D eigenvalue weighted by molar-refractivity contribution is 7.90. The summed E-state index contributed by atoms with van der Waals surface area (Å²) >= 11 is 20.1. The third kappa shape index (κ3) is 13.7. The molecule has 0 radical (unpaired) electrons. The number of rotatable bonds is 23. The summed E-state index contributed by atoms with van der Waals surface area (Å²) in [6.45, 7) is 10.0. The monoisotopic (exact) mass is 1540 g/mol. The van der Waals surface area contributed by atoms with Crippen LogP contribution in [0.25, 0.3) is 0 Å². The fourth-order valence-electron chi connectivity index (χ4n) is 18.9. The standard InChI is InChI=1S/C75H88Cl3N17O9S2/c1-46(106(102,103)86-60-25-49(26-60)42-95-45-50(35-82-95)37-90-14-7-73(8-15-90)62-30-54(76)5-6-65(62)87(2)70(73)97)61-29-56(78)32-64-68(61)89(4)72(99)75(64)11-18-92(19-12-75)39-51-34-80-93(43-51)40-47-21-57(22-47)83-69(96)66-33-58(84-104-66)28-53-27-55(77)31-63-67(53)88(3)71(98)74(63)9-16-91(17-10-74)38-52-36-81-94(44-52)41-48-23-59(24-48)85-105(100,101)20-13-79/h5-6,27,29-36,43-49,57,59-60,85-86H,7-12,14-26,28,37-42H2,1-4H3,(H,83,96)/t46?,47-,48-,49-,57+,59+,60+. The zero-order chi connectivity index (χ0) is 73.9. The van der Waals surface area contributed by atoms with E-state index in [-0.39, 0.29) is 59.4 Å². The van der Waals surface area contributed by atoms with E-state index in [4.69, 9.17) is 49.7 Å². The van der Waals surface area contributed by atoms with Crippen LogP contribution >= 0.6 is 34.8 Å². The first-order chi connectivity index (χ1) is 50.7. The Morgan fingerprint density at radius 3 is 1.54 bits per heavy atom. The SMILES string of the molecule is CC(c1cc(Cl)cc2c1N(C)C(=O)C21CCN(Cc2cnn(C[C@H]3C[C@@H](NC(=O)c4cc(Cc5cc(Cl)cc6c5N(C)C(=O)C65CCN(Cc6cnn(C[C@H]7C[C@@H](NS(=O)(=O)CC#N)C7)c6)CC5)no4)C3)c2)CC1)S(=O)(=O)N[C@H]1C[C@@H](Cn2cc(CN3CCC4(CC3)C(=O)N(C)c3ccc(Cl)cc34)cn2)C1. The summed E-state index contributed by atoms with van der Waals surface area (Å²) in [7, 11) is -2.08. The Hall–Kier alpha value is -7.56. The topological polar surface area (TPSA) is 295 Å². The largest absolute Gasteiger partial charge is 0.351 e. The molecule has 106 heavy (non-hydrogen) atoms. The number of nitrogens with one attached hydrogen (secondary N) is 3. The number of carbonyl (C=O) groups is 4. The molecular weight excluding hydrogens is 1450 g/mol. The second-order valence-electron chi connectivity index (χ2n) is 31.7. The lowest BCUT2D eigenvalue weighted by atomic mass is 9.73. The molecule has 31 heteroatoms. The molecule has 4 amide bonds. The van der Waals surface area contributed by atoms with Crippen LogP contribution in [0.3, 0.4) is 0 Å². The summed E-state index contributed by atoms with van der Waals surface area (Å²) < 4.78 is 69.6. The van der Waals surface area contributed by atoms with Crippen LogP contribution in [0.15, 0.2) is 90.2 Å². The molecule has 3 N–H and O–H groups in total. The molecule has 3 saturated heterocycles. The number of aromatic nitrogens is 7. The van der Waals surface area contributed by atoms with Crippen LogP contribution in [0.2, 0.25) is 15.1 Å². The molecule has 1 unspecified atom stereocenters. The van der Waals surface area contributed by atoms with Crippen molar-refractivity contribution in [2.75, 3.05) is 80.9 Å². The van der Waals surface area contributed by atoms with Crippen LogP contribution in [0.5, 0.6) is 0 Å². The quantitative estimate of drug-likeness (QED) is 0.0543. The molecule has 16 rings (SSSR count). The van der Waals surface area contributed by atoms with Crippen LogP contribution in [0, 0.1) is 29.1 Å². The Kier molecular flexibility index (Phi) is 19.3. The Bertz CT molecular complexity index is 4890. The summed E-state index contributed by atoms with van der Waals surface area (Å²) in [4.78, 5) is 68.2. The van der Waals surface area contributed by atoms with Gasteiger partial charge in [-0.05, 0) is 211 Å². The van der Waals surface area contributed by atoms with E-state index in [1.807, 2.05) is 89.3 Å². The molecule has 9 aliphatic rings. The van der Waals surface area contributed by atoms with E-state index in [0.717, 1.165) is 95.6 Å². The first kappa shape index (κ1) is 72.6. The first-order valence-corrected chi connectivity index (χ1v) is 41.2. The molecule has 3 spiro atoms. The van der Waals surface area contributed by atoms with E-state index in [0.29, 0.717) is 155 Å². The van der Waals surface area contributed by atoms with Crippen molar-refractivity contribution in [2.24, 2.45) is 17.8 Å². The van der Waals surface area contributed by atoms with Crippen molar-refractivity contribution in [3.05, 3.63) is 157 Å². The molecule has 3 aliphatic carbocycles. The van der Waals surface area contributed by atoms with Crippen molar-refractivity contribution >= 4 is 95.5 Å². The number of benzene rings is 3. The van der Waals surface area contributed by atoms with E-state index in [1.165, 1.54) is 0 Å². The minimum absolute atomic E-state index is 0.0329. The zero-order valence-corrected chi connectivity index (χ0v) is 63.8. The average molecular weight is 1540 g/mol. The molecule has 3 aromatic carbocycles. The number of likely N-dealkylation sites (tertiary alicyclic amines) is 3. The summed E-state index contributed by atoms with van der Waals surface area (Å²) in [6, 6.07) is 16.0. The lowest BCUT2D eigenvalue weighted by Crippen LogP contribution is -2.47. The fourth-order valence-corrected chi connectivity index (χ4v) is 21.9. The Labute approximate surface area is 632 Å². The van der Waals surface area contributed by atoms with Crippen molar-refractivity contribution in [3.8, 4) is 6.07 Å². The number of hydrogen-bond acceptors (Lipinski definition) is 17. The molecule has 7 aromatic rings. The van der Waals surface area contributed by atoms with Gasteiger partial charge in [-0.25, -0.2) is 26.3 Å². The van der Waals surface area contributed by atoms with Crippen LogP contribution < -0.4 is 29.5 Å². The zero-order valence-electron chi connectivity index (χ0n) is 59.9. The van der Waals surface area contributed by atoms with Gasteiger partial charge in [0.1, 0.15) is 0 Å². The smallest absolute Gasteiger partial charge is 0.290 e. The van der Waals surface area contributed by atoms with Crippen molar-refractivity contribution in [2.45, 2.75) is 169 Å². The number of sulfonamides is 2. The highest BCUT2D eigenvalue weighted by atomic mass is 35.5. The summed E-state index contributed by atoms with van der Waals surface area (Å²) in [5.41, 5.74) is 8.08. The number of anilines is 3. The number of hydrogen-bond donors (Lipinski definition) is 3. The molecule has 6 aliphatic heterocycles. The summed E-state index contributed by atoms with van der Waals surface area (Å²) in [5, 5.41) is 30.8. The molecule has 1 atom stereocenters. The third-order valence-electron chi connectivity index (χ3n) is 24.7. The maximum Gasteiger partial charge on any atom is 0.290 e. The number of fused-ring (bicyclic) bond motifs is 6. The Balaban J connectivity index is 0.464. The molecule has 6 fully saturated rings. The van der Waals surface area contributed by atoms with Gasteiger partial charge in [-0.2, -0.15) is 20.6 Å². The minimum Gasteiger partial charge on any atom is -0.351 e. The number of nitrogens with zero attached hydrogens (tertiary/aromatic N) is 14. The number of likely N-dealkylation sites (N-methyl/N-ethyl adjacent to an activating group) is 3. The third-order valence-corrected chi connectivity index (χ3v) is 28.4. The summed E-state index contributed by atoms with van der Waals surface area (Å²) in [5.74, 6) is 0.184. The molecule has 10 heterocycles. The van der Waals surface area contributed by atoms with Crippen molar-refractivity contribution in [1.82, 2.24) is 64.0 Å². The van der Waals surface area contributed by atoms with Gasteiger partial charge in [0.15, 0.2) is 5.75 Å². The first-order valence-electron chi connectivity index (χ1n) is 36.9. The average Bonchev–Trinajstić information content (AvgIpc) is 1.56. The highest BCUT2D eigenvalue weighted by Gasteiger charge is 2.55. The predicted molar refractivity (Wildman–Crippen MR) is 399 cm³/mol. The van der Waals surface area contributed by atoms with Gasteiger partial charge in [0.2, 0.25) is 43.5 Å². The van der Waals surface area contributed by atoms with Gasteiger partial charge in [-0.15, -0.1) is 0 Å². The fraction of sp³-hybridized carbons (Fsp3) is 0.533. The van der Waals surface area contributed by atoms with Crippen LogP contribution in [0.1, 0.15) is 150 Å². The van der Waals surface area contributed by atoms with Gasteiger partial charge in [-0.3, -0.25) is 47.9 Å². The highest BCUT2D eigenvalue weighted by Crippen LogP contribution is 2.54. The number of amides is 4. The van der Waals surface area contributed by atoms with Crippen molar-refractivity contribution < 1.29 is 40.5 Å². The molecule has 4 aromatic heterocycles. The predicted octanol–water partition coefficient (Wildman–Crippen LogP) is 8.24. The van der Waals surface area contributed by atoms with Gasteiger partial charge >= 0.3 is 0 Å². The number of piperidine rings is 3. The van der Waals surface area contributed by atoms with Crippen LogP contribution in [-0.4, -0.2) is 174 Å². The van der Waals surface area contributed by atoms with Gasteiger partial charge in [0, 0.05) is 147 Å². The van der Waals surface area contributed by atoms with Crippen molar-refractivity contribution in [1.29, 1.82) is 5.26 Å². The maximum atomic E-state index is 14.5. The van der Waals surface area contributed by atoms with Gasteiger partial charge in [0.25, 0.3) is 5.91 Å². The second-order valence-corrected chi connectivity index (χ2v) is 36.8. The number of halogens is 3. The van der Waals surface area contributed by atoms with Crippen LogP contribution in [0.4, 0.5) is 17.1 Å². The maximum absolute atomic E-state index is 14.5. The Morgan fingerprint density at radius 1 is 0.585 bits per heavy atom. The molecule has 0 bridgehead atoms. The van der Waals surface area contributed by atoms with Gasteiger partial charge < -0.3 is 24.5 Å². The second kappa shape index (κ2) is 28.1. The normalized spacial score (nSPS) is 24.3. The number of nitriles is 1. The van der Waals surface area contributed by atoms with Gasteiger partial charge in [0.05, 0.1) is 63.2 Å². The molecule has 3 saturated carbocycles. The van der Waals surface area contributed by atoms with E-state index in [9.17, 15) is 36.0 Å². The Morgan fingerprint density at radius 2 is 1.03 bits per heavy atom. The van der Waals surface area contributed by atoms with Crippen molar-refractivity contribution in [3.63, 3.8) is 0 Å². The van der Waals surface area contributed by atoms with E-state index >= 15 is 0 Å². The molecule has 26 nitrogen and oxygen atoms in total. The molecule has 560 valence electrons. The van der Waals surface area contributed by atoms with E-state index in [1.54, 1.807) is 46.9 Å².